The molecule has 1 atom stereocenters. The first-order chi connectivity index (χ1) is 23.4. The number of carbonyl (C=O) groups is 1. The lowest BCUT2D eigenvalue weighted by atomic mass is 9.77. The van der Waals surface area contributed by atoms with E-state index in [2.05, 4.69) is 30.3 Å². The van der Waals surface area contributed by atoms with Gasteiger partial charge in [0.2, 0.25) is 0 Å². The number of nitrogens with zero attached hydrogens (tertiary/aromatic N) is 1. The van der Waals surface area contributed by atoms with Gasteiger partial charge in [-0.25, -0.2) is 4.79 Å². The molecule has 0 aliphatic carbocycles. The summed E-state index contributed by atoms with van der Waals surface area (Å²) in [6.45, 7) is 0. The molecular weight excluding hydrogens is 664 g/mol. The Kier molecular flexibility index (Phi) is 7.45. The molecule has 0 saturated heterocycles. The van der Waals surface area contributed by atoms with E-state index in [1.54, 1.807) is 24.3 Å². The highest BCUT2D eigenvalue weighted by molar-refractivity contribution is 7.80. The van der Waals surface area contributed by atoms with E-state index < -0.39 is 19.5 Å². The molecular formula is C39H24Cl2NO5P. The van der Waals surface area contributed by atoms with Crippen molar-refractivity contribution in [3.8, 4) is 23.0 Å². The summed E-state index contributed by atoms with van der Waals surface area (Å²) in [4.78, 5) is 18.3. The maximum absolute atomic E-state index is 13.3. The normalized spacial score (nSPS) is 16.0. The van der Waals surface area contributed by atoms with Crippen LogP contribution in [0.3, 0.4) is 0 Å². The molecule has 2 N–H and O–H groups in total. The van der Waals surface area contributed by atoms with Crippen LogP contribution in [0.4, 0.5) is 5.69 Å². The summed E-state index contributed by atoms with van der Waals surface area (Å²) in [5.41, 5.74) is 1.04. The van der Waals surface area contributed by atoms with Gasteiger partial charge in [0.1, 0.15) is 23.0 Å². The molecule has 0 aromatic heterocycles. The molecule has 1 unspecified atom stereocenters. The second-order valence-corrected chi connectivity index (χ2v) is 14.3. The molecule has 0 radical (unpaired) electrons. The minimum absolute atomic E-state index is 0.0102. The minimum Gasteiger partial charge on any atom is -0.506 e. The van der Waals surface area contributed by atoms with Crippen molar-refractivity contribution in [3.63, 3.8) is 0 Å². The molecule has 234 valence electrons. The number of hydrogen-bond donors (Lipinski definition) is 2. The fraction of sp³-hybridized carbons (Fsp3) is 0.0256. The van der Waals surface area contributed by atoms with Gasteiger partial charge in [-0.3, -0.25) is 4.99 Å². The Morgan fingerprint density at radius 3 is 2.06 bits per heavy atom. The number of halogens is 2. The number of carbonyl (C=O) groups excluding carboxylic acids is 1. The van der Waals surface area contributed by atoms with Crippen LogP contribution in [0.1, 0.15) is 32.6 Å². The molecule has 0 amide bonds. The predicted molar refractivity (Wildman–Crippen MR) is 190 cm³/mol. The monoisotopic (exact) mass is 687 g/mol. The van der Waals surface area contributed by atoms with Gasteiger partial charge in [-0.15, -0.1) is 0 Å². The van der Waals surface area contributed by atoms with Gasteiger partial charge in [-0.1, -0.05) is 120 Å². The third-order valence-electron chi connectivity index (χ3n) is 8.52. The lowest BCUT2D eigenvalue weighted by Crippen LogP contribution is -2.33. The lowest BCUT2D eigenvalue weighted by Gasteiger charge is -2.37. The topological polar surface area (TPSA) is 88.4 Å². The summed E-state index contributed by atoms with van der Waals surface area (Å²) in [6.07, 6.45) is 1.51. The summed E-state index contributed by atoms with van der Waals surface area (Å²) < 4.78 is 12.6. The number of hydrogen-bond acceptors (Lipinski definition) is 6. The highest BCUT2D eigenvalue weighted by atomic mass is 35.5. The Bertz CT molecular complexity index is 2240. The van der Waals surface area contributed by atoms with Gasteiger partial charge in [-0.05, 0) is 42.8 Å². The fourth-order valence-corrected chi connectivity index (χ4v) is 9.15. The molecule has 0 fully saturated rings. The van der Waals surface area contributed by atoms with E-state index in [4.69, 9.17) is 37.7 Å². The average Bonchev–Trinajstić information content (AvgIpc) is 3.41. The molecule has 0 saturated carbocycles. The van der Waals surface area contributed by atoms with Crippen LogP contribution < -0.4 is 20.7 Å². The van der Waals surface area contributed by atoms with E-state index in [0.717, 1.165) is 15.9 Å². The van der Waals surface area contributed by atoms with Gasteiger partial charge >= 0.3 is 5.97 Å². The Hall–Kier alpha value is -5.13. The third kappa shape index (κ3) is 4.76. The summed E-state index contributed by atoms with van der Waals surface area (Å²) >= 11 is 13.1. The van der Waals surface area contributed by atoms with Crippen LogP contribution in [-0.2, 0) is 10.3 Å². The first-order valence-electron chi connectivity index (χ1n) is 15.0. The van der Waals surface area contributed by atoms with Crippen molar-refractivity contribution in [2.24, 2.45) is 4.99 Å². The lowest BCUT2D eigenvalue weighted by molar-refractivity contribution is 0.0224. The number of ether oxygens (including phenoxy) is 2. The number of phenolic OH excluding ortho intramolecular Hbond substituents is 2. The maximum Gasteiger partial charge on any atom is 0.340 e. The molecule has 8 rings (SSSR count). The number of para-hydroxylation sites is 1. The molecule has 6 nitrogen and oxygen atoms in total. The first kappa shape index (κ1) is 30.2. The highest BCUT2D eigenvalue weighted by Gasteiger charge is 2.54. The smallest absolute Gasteiger partial charge is 0.340 e. The second-order valence-electron chi connectivity index (χ2n) is 11.3. The molecule has 2 heterocycles. The third-order valence-corrected chi connectivity index (χ3v) is 11.6. The molecule has 0 bridgehead atoms. The number of aromatic hydroxyl groups is 2. The van der Waals surface area contributed by atoms with Crippen LogP contribution in [0.15, 0.2) is 132 Å². The quantitative estimate of drug-likeness (QED) is 0.108. The zero-order chi connectivity index (χ0) is 33.0. The summed E-state index contributed by atoms with van der Waals surface area (Å²) in [6, 6.07) is 39.9. The second kappa shape index (κ2) is 11.8. The number of esters is 1. The van der Waals surface area contributed by atoms with E-state index in [-0.39, 0.29) is 38.6 Å². The standard InChI is InChI=1S/C39H24Cl2NO5P/c40-30-19-28-34(21-33(30)43)46-37-26(36(44)31(41)20-29(37)39(28)27-16-8-7-15-25(27)38(45)47-39)22-42-32-17-9-10-18-35(32)48(23-11-3-1-4-12-23)24-13-5-2-6-14-24/h1-22,43-44H. The zero-order valence-corrected chi connectivity index (χ0v) is 27.4. The Labute approximate surface area is 287 Å². The summed E-state index contributed by atoms with van der Waals surface area (Å²) in [5, 5.41) is 25.4. The molecule has 9 heteroatoms. The SMILES string of the molecule is O=C1OC2(c3cc(Cl)c(O)cc3Oc3c2cc(Cl)c(O)c3C=Nc2ccccc2P(c2ccccc2)c2ccccc2)c2ccccc21. The first-order valence-corrected chi connectivity index (χ1v) is 17.1. The van der Waals surface area contributed by atoms with Crippen molar-refractivity contribution < 1.29 is 24.5 Å². The highest BCUT2D eigenvalue weighted by Crippen LogP contribution is 2.59. The van der Waals surface area contributed by atoms with Crippen LogP contribution in [0.25, 0.3) is 0 Å². The number of aliphatic imine (C=N–C) groups is 1. The number of rotatable bonds is 5. The van der Waals surface area contributed by atoms with Gasteiger partial charge in [0.25, 0.3) is 0 Å². The number of fused-ring (bicyclic) bond motifs is 6. The van der Waals surface area contributed by atoms with Gasteiger partial charge in [0.15, 0.2) is 5.60 Å². The Morgan fingerprint density at radius 2 is 1.33 bits per heavy atom. The average molecular weight is 689 g/mol. The van der Waals surface area contributed by atoms with Gasteiger partial charge < -0.3 is 19.7 Å². The largest absolute Gasteiger partial charge is 0.506 e. The zero-order valence-electron chi connectivity index (χ0n) is 25.0. The molecule has 2 aliphatic rings. The van der Waals surface area contributed by atoms with Crippen molar-refractivity contribution in [1.82, 2.24) is 0 Å². The van der Waals surface area contributed by atoms with Crippen LogP contribution in [-0.4, -0.2) is 22.4 Å². The number of phenols is 2. The van der Waals surface area contributed by atoms with E-state index in [9.17, 15) is 15.0 Å². The molecule has 6 aromatic carbocycles. The predicted octanol–water partition coefficient (Wildman–Crippen LogP) is 8.48. The summed E-state index contributed by atoms with van der Waals surface area (Å²) in [5.74, 6) is -0.659. The van der Waals surface area contributed by atoms with Gasteiger partial charge in [-0.2, -0.15) is 0 Å². The fourth-order valence-electron chi connectivity index (χ4n) is 6.39. The van der Waals surface area contributed by atoms with Crippen molar-refractivity contribution in [2.75, 3.05) is 0 Å². The van der Waals surface area contributed by atoms with Crippen LogP contribution >= 0.6 is 31.1 Å². The molecule has 2 aliphatic heterocycles. The van der Waals surface area contributed by atoms with Crippen molar-refractivity contribution in [1.29, 1.82) is 0 Å². The Balaban J connectivity index is 1.33. The van der Waals surface area contributed by atoms with Gasteiger partial charge in [0.05, 0.1) is 32.4 Å². The molecule has 1 spiro atoms. The molecule has 6 aromatic rings. The van der Waals surface area contributed by atoms with Crippen molar-refractivity contribution in [3.05, 3.63) is 165 Å². The van der Waals surface area contributed by atoms with Crippen LogP contribution in [0.2, 0.25) is 10.0 Å². The van der Waals surface area contributed by atoms with E-state index >= 15 is 0 Å². The van der Waals surface area contributed by atoms with E-state index in [1.165, 1.54) is 24.4 Å². The van der Waals surface area contributed by atoms with Crippen LogP contribution in [0.5, 0.6) is 23.0 Å². The van der Waals surface area contributed by atoms with E-state index in [0.29, 0.717) is 27.9 Å². The van der Waals surface area contributed by atoms with Crippen molar-refractivity contribution >= 4 is 64.9 Å². The van der Waals surface area contributed by atoms with E-state index in [1.807, 2.05) is 54.6 Å². The minimum atomic E-state index is -1.53. The molecule has 48 heavy (non-hydrogen) atoms. The van der Waals surface area contributed by atoms with Gasteiger partial charge in [0, 0.05) is 28.7 Å². The van der Waals surface area contributed by atoms with Crippen LogP contribution in [0, 0.1) is 0 Å². The number of benzene rings is 6. The summed E-state index contributed by atoms with van der Waals surface area (Å²) in [7, 11) is -0.990. The maximum atomic E-state index is 13.3. The Morgan fingerprint density at radius 1 is 0.708 bits per heavy atom. The van der Waals surface area contributed by atoms with Crippen molar-refractivity contribution in [2.45, 2.75) is 5.60 Å².